The van der Waals surface area contributed by atoms with Crippen LogP contribution in [0.1, 0.15) is 31.2 Å². The fraction of sp³-hybridized carbons (Fsp3) is 0.435. The standard InChI is InChI=1S/C23H29N3O5S/c27-22(24-28)23(11-1-2-12-23)25-32(29,30)21-9-7-20(8-10-21)19-5-3-18(4-6-19)17-26-13-15-31-16-14-26/h3-10,25,28H,1-2,11-17H2,(H,24,27). The van der Waals surface area contributed by atoms with E-state index in [4.69, 9.17) is 9.94 Å². The zero-order valence-electron chi connectivity index (χ0n) is 17.9. The third kappa shape index (κ3) is 5.02. The first-order valence-electron chi connectivity index (χ1n) is 10.9. The van der Waals surface area contributed by atoms with Crippen molar-refractivity contribution in [1.29, 1.82) is 0 Å². The third-order valence-corrected chi connectivity index (χ3v) is 7.84. The van der Waals surface area contributed by atoms with Crippen LogP contribution in [0, 0.1) is 0 Å². The second-order valence-corrected chi connectivity index (χ2v) is 10.1. The van der Waals surface area contributed by atoms with E-state index in [1.54, 1.807) is 29.7 Å². The van der Waals surface area contributed by atoms with Gasteiger partial charge < -0.3 is 4.74 Å². The van der Waals surface area contributed by atoms with E-state index < -0.39 is 21.5 Å². The summed E-state index contributed by atoms with van der Waals surface area (Å²) in [6, 6.07) is 14.9. The van der Waals surface area contributed by atoms with E-state index >= 15 is 0 Å². The van der Waals surface area contributed by atoms with Gasteiger partial charge in [-0.25, -0.2) is 13.9 Å². The number of amides is 1. The van der Waals surface area contributed by atoms with Gasteiger partial charge in [0.15, 0.2) is 0 Å². The molecule has 0 unspecified atom stereocenters. The number of nitrogens with one attached hydrogen (secondary N) is 2. The second kappa shape index (κ2) is 9.68. The number of nitrogens with zero attached hydrogens (tertiary/aromatic N) is 1. The highest BCUT2D eigenvalue weighted by Crippen LogP contribution is 2.32. The van der Waals surface area contributed by atoms with Gasteiger partial charge >= 0.3 is 0 Å². The monoisotopic (exact) mass is 459 g/mol. The molecule has 2 aromatic carbocycles. The Kier molecular flexibility index (Phi) is 6.92. The Morgan fingerprint density at radius 1 is 0.969 bits per heavy atom. The molecule has 1 heterocycles. The highest BCUT2D eigenvalue weighted by atomic mass is 32.2. The minimum absolute atomic E-state index is 0.0854. The van der Waals surface area contributed by atoms with Gasteiger partial charge in [0.2, 0.25) is 10.0 Å². The quantitative estimate of drug-likeness (QED) is 0.433. The van der Waals surface area contributed by atoms with Gasteiger partial charge in [-0.05, 0) is 41.7 Å². The van der Waals surface area contributed by atoms with Gasteiger partial charge in [-0.15, -0.1) is 0 Å². The van der Waals surface area contributed by atoms with Crippen molar-refractivity contribution in [1.82, 2.24) is 15.1 Å². The molecule has 2 aromatic rings. The lowest BCUT2D eigenvalue weighted by molar-refractivity contribution is -0.135. The maximum Gasteiger partial charge on any atom is 0.264 e. The summed E-state index contributed by atoms with van der Waals surface area (Å²) in [6.07, 6.45) is 2.15. The van der Waals surface area contributed by atoms with Crippen molar-refractivity contribution in [2.24, 2.45) is 0 Å². The van der Waals surface area contributed by atoms with E-state index in [1.165, 1.54) is 5.56 Å². The van der Waals surface area contributed by atoms with Crippen LogP contribution in [-0.2, 0) is 26.1 Å². The number of benzene rings is 2. The molecule has 172 valence electrons. The summed E-state index contributed by atoms with van der Waals surface area (Å²) in [6.45, 7) is 4.30. The van der Waals surface area contributed by atoms with E-state index in [2.05, 4.69) is 21.8 Å². The first kappa shape index (κ1) is 22.9. The molecule has 1 saturated carbocycles. The zero-order chi connectivity index (χ0) is 22.6. The predicted octanol–water partition coefficient (Wildman–Crippen LogP) is 2.28. The lowest BCUT2D eigenvalue weighted by atomic mass is 9.99. The van der Waals surface area contributed by atoms with Gasteiger partial charge in [0.25, 0.3) is 5.91 Å². The number of rotatable bonds is 7. The lowest BCUT2D eigenvalue weighted by Gasteiger charge is -2.27. The minimum atomic E-state index is -3.92. The third-order valence-electron chi connectivity index (χ3n) is 6.28. The molecule has 1 amide bonds. The lowest BCUT2D eigenvalue weighted by Crippen LogP contribution is -2.56. The first-order chi connectivity index (χ1) is 15.4. The van der Waals surface area contributed by atoms with Crippen LogP contribution in [0.2, 0.25) is 0 Å². The molecular formula is C23H29N3O5S. The van der Waals surface area contributed by atoms with Crippen molar-refractivity contribution in [2.75, 3.05) is 26.3 Å². The molecule has 4 rings (SSSR count). The number of sulfonamides is 1. The van der Waals surface area contributed by atoms with Crippen LogP contribution in [-0.4, -0.2) is 56.3 Å². The maximum atomic E-state index is 12.9. The number of hydrogen-bond donors (Lipinski definition) is 3. The van der Waals surface area contributed by atoms with Gasteiger partial charge in [0.05, 0.1) is 18.1 Å². The molecule has 9 heteroatoms. The molecule has 32 heavy (non-hydrogen) atoms. The van der Waals surface area contributed by atoms with Gasteiger partial charge in [0, 0.05) is 19.6 Å². The van der Waals surface area contributed by atoms with Gasteiger partial charge in [-0.3, -0.25) is 14.9 Å². The number of ether oxygens (including phenoxy) is 1. The van der Waals surface area contributed by atoms with Crippen LogP contribution in [0.4, 0.5) is 0 Å². The van der Waals surface area contributed by atoms with E-state index in [0.717, 1.165) is 56.8 Å². The molecule has 8 nitrogen and oxygen atoms in total. The van der Waals surface area contributed by atoms with Crippen molar-refractivity contribution in [3.63, 3.8) is 0 Å². The van der Waals surface area contributed by atoms with Crippen LogP contribution in [0.15, 0.2) is 53.4 Å². The van der Waals surface area contributed by atoms with Crippen molar-refractivity contribution >= 4 is 15.9 Å². The molecule has 0 bridgehead atoms. The Hall–Kier alpha value is -2.30. The molecule has 0 aromatic heterocycles. The summed E-state index contributed by atoms with van der Waals surface area (Å²) in [5.41, 5.74) is 3.44. The number of carbonyl (C=O) groups is 1. The molecule has 1 aliphatic carbocycles. The van der Waals surface area contributed by atoms with Crippen LogP contribution in [0.3, 0.4) is 0 Å². The highest BCUT2D eigenvalue weighted by molar-refractivity contribution is 7.89. The average Bonchev–Trinajstić information content (AvgIpc) is 3.29. The minimum Gasteiger partial charge on any atom is -0.379 e. The van der Waals surface area contributed by atoms with Crippen molar-refractivity contribution in [3.05, 3.63) is 54.1 Å². The zero-order valence-corrected chi connectivity index (χ0v) is 18.7. The number of hydroxylamine groups is 1. The van der Waals surface area contributed by atoms with Gasteiger partial charge in [-0.2, -0.15) is 4.72 Å². The normalized spacial score (nSPS) is 19.0. The van der Waals surface area contributed by atoms with Crippen molar-refractivity contribution < 1.29 is 23.2 Å². The largest absolute Gasteiger partial charge is 0.379 e. The molecule has 1 aliphatic heterocycles. The SMILES string of the molecule is O=C(NO)C1(NS(=O)(=O)c2ccc(-c3ccc(CN4CCOCC4)cc3)cc2)CCCC1. The summed E-state index contributed by atoms with van der Waals surface area (Å²) < 4.78 is 33.7. The number of morpholine rings is 1. The molecule has 0 atom stereocenters. The van der Waals surface area contributed by atoms with E-state index in [0.29, 0.717) is 12.8 Å². The highest BCUT2D eigenvalue weighted by Gasteiger charge is 2.44. The Morgan fingerprint density at radius 2 is 1.53 bits per heavy atom. The molecular weight excluding hydrogens is 430 g/mol. The molecule has 2 fully saturated rings. The summed E-state index contributed by atoms with van der Waals surface area (Å²) >= 11 is 0. The fourth-order valence-electron chi connectivity index (χ4n) is 4.42. The van der Waals surface area contributed by atoms with Crippen molar-refractivity contribution in [2.45, 2.75) is 42.7 Å². The van der Waals surface area contributed by atoms with Crippen LogP contribution >= 0.6 is 0 Å². The molecule has 2 aliphatic rings. The summed E-state index contributed by atoms with van der Waals surface area (Å²) in [5, 5.41) is 9.06. The number of hydrogen-bond acceptors (Lipinski definition) is 6. The fourth-order valence-corrected chi connectivity index (χ4v) is 5.85. The van der Waals surface area contributed by atoms with Gasteiger partial charge in [-0.1, -0.05) is 49.2 Å². The molecule has 3 N–H and O–H groups in total. The number of carbonyl (C=O) groups excluding carboxylic acids is 1. The molecule has 0 radical (unpaired) electrons. The Labute approximate surface area is 188 Å². The molecule has 0 spiro atoms. The molecule has 1 saturated heterocycles. The Bertz CT molecular complexity index is 1030. The smallest absolute Gasteiger partial charge is 0.264 e. The summed E-state index contributed by atoms with van der Waals surface area (Å²) in [7, 11) is -3.92. The van der Waals surface area contributed by atoms with E-state index in [9.17, 15) is 13.2 Å². The van der Waals surface area contributed by atoms with Crippen LogP contribution < -0.4 is 10.2 Å². The maximum absolute atomic E-state index is 12.9. The van der Waals surface area contributed by atoms with Gasteiger partial charge in [0.1, 0.15) is 5.54 Å². The average molecular weight is 460 g/mol. The topological polar surface area (TPSA) is 108 Å². The van der Waals surface area contributed by atoms with E-state index in [1.807, 2.05) is 12.1 Å². The van der Waals surface area contributed by atoms with Crippen LogP contribution in [0.5, 0.6) is 0 Å². The first-order valence-corrected chi connectivity index (χ1v) is 12.4. The Morgan fingerprint density at radius 3 is 2.09 bits per heavy atom. The van der Waals surface area contributed by atoms with E-state index in [-0.39, 0.29) is 4.90 Å². The van der Waals surface area contributed by atoms with Crippen LogP contribution in [0.25, 0.3) is 11.1 Å². The summed E-state index contributed by atoms with van der Waals surface area (Å²) in [5.74, 6) is -0.715. The predicted molar refractivity (Wildman–Crippen MR) is 119 cm³/mol. The Balaban J connectivity index is 1.45. The summed E-state index contributed by atoms with van der Waals surface area (Å²) in [4.78, 5) is 14.6. The second-order valence-electron chi connectivity index (χ2n) is 8.45. The van der Waals surface area contributed by atoms with Crippen molar-refractivity contribution in [3.8, 4) is 11.1 Å².